The second-order valence-electron chi connectivity index (χ2n) is 4.88. The summed E-state index contributed by atoms with van der Waals surface area (Å²) in [7, 11) is 0. The molecule has 1 rings (SSSR count). The van der Waals surface area contributed by atoms with Crippen molar-refractivity contribution in [1.29, 1.82) is 0 Å². The molecule has 0 spiro atoms. The van der Waals surface area contributed by atoms with Crippen LogP contribution in [0.1, 0.15) is 29.8 Å². The van der Waals surface area contributed by atoms with Gasteiger partial charge in [-0.2, -0.15) is 0 Å². The van der Waals surface area contributed by atoms with Crippen molar-refractivity contribution in [2.24, 2.45) is 11.5 Å². The third-order valence-electron chi connectivity index (χ3n) is 2.95. The van der Waals surface area contributed by atoms with Gasteiger partial charge in [-0.15, -0.1) is 11.8 Å². The molecule has 0 bridgehead atoms. The first-order chi connectivity index (χ1) is 9.15. The molecule has 0 saturated carbocycles. The van der Waals surface area contributed by atoms with Gasteiger partial charge < -0.3 is 16.6 Å². The van der Waals surface area contributed by atoms with Gasteiger partial charge in [-0.1, -0.05) is 17.7 Å². The molecule has 0 saturated heterocycles. The molecule has 0 aliphatic rings. The van der Waals surface area contributed by atoms with Crippen LogP contribution in [0.25, 0.3) is 0 Å². The first-order valence-corrected chi connectivity index (χ1v) is 7.22. The van der Waals surface area contributed by atoms with Crippen molar-refractivity contribution in [2.45, 2.75) is 30.4 Å². The van der Waals surface area contributed by atoms with Gasteiger partial charge in [-0.25, -0.2) is 0 Å². The van der Waals surface area contributed by atoms with E-state index in [0.717, 1.165) is 5.56 Å². The monoisotopic (exact) mass is 316 g/mol. The highest BCUT2D eigenvalue weighted by atomic mass is 35.5. The van der Waals surface area contributed by atoms with Crippen molar-refractivity contribution in [3.05, 3.63) is 34.3 Å². The number of primary amides is 1. The van der Waals surface area contributed by atoms with Crippen LogP contribution in [0.15, 0.2) is 18.2 Å². The van der Waals surface area contributed by atoms with E-state index >= 15 is 0 Å². The van der Waals surface area contributed by atoms with Crippen LogP contribution >= 0.6 is 23.4 Å². The number of carboxylic acid groups (broad SMARTS) is 1. The molecule has 5 N–H and O–H groups in total. The number of carbonyl (C=O) groups is 2. The Balaban J connectivity index is 2.80. The Labute approximate surface area is 126 Å². The van der Waals surface area contributed by atoms with Gasteiger partial charge in [0.05, 0.1) is 0 Å². The van der Waals surface area contributed by atoms with Crippen LogP contribution in [0.2, 0.25) is 5.02 Å². The fourth-order valence-electron chi connectivity index (χ4n) is 1.47. The number of halogens is 1. The summed E-state index contributed by atoms with van der Waals surface area (Å²) >= 11 is 7.47. The predicted octanol–water partition coefficient (Wildman–Crippen LogP) is 1.86. The molecule has 110 valence electrons. The van der Waals surface area contributed by atoms with Gasteiger partial charge in [0.25, 0.3) is 0 Å². The van der Waals surface area contributed by atoms with Crippen LogP contribution in [-0.4, -0.2) is 27.8 Å². The van der Waals surface area contributed by atoms with Gasteiger partial charge >= 0.3 is 5.97 Å². The Morgan fingerprint density at radius 1 is 1.45 bits per heavy atom. The van der Waals surface area contributed by atoms with Crippen molar-refractivity contribution in [2.75, 3.05) is 0 Å². The molecule has 0 aromatic heterocycles. The molecule has 5 nitrogen and oxygen atoms in total. The number of aliphatic carboxylic acids is 1. The van der Waals surface area contributed by atoms with E-state index < -0.39 is 22.7 Å². The average molecular weight is 317 g/mol. The SMILES string of the molecule is CC(C)(SCc1ccc(C(N)=O)cc1Cl)[C@H](N)C(=O)O. The first-order valence-electron chi connectivity index (χ1n) is 5.85. The lowest BCUT2D eigenvalue weighted by Crippen LogP contribution is -2.46. The lowest BCUT2D eigenvalue weighted by Gasteiger charge is -2.28. The van der Waals surface area contributed by atoms with E-state index in [1.165, 1.54) is 17.8 Å². The Hall–Kier alpha value is -1.24. The summed E-state index contributed by atoms with van der Waals surface area (Å²) in [5.41, 5.74) is 11.9. The summed E-state index contributed by atoms with van der Waals surface area (Å²) in [6, 6.07) is 3.83. The highest BCUT2D eigenvalue weighted by molar-refractivity contribution is 7.99. The van der Waals surface area contributed by atoms with Crippen molar-refractivity contribution in [3.63, 3.8) is 0 Å². The summed E-state index contributed by atoms with van der Waals surface area (Å²) in [4.78, 5) is 22.0. The first kappa shape index (κ1) is 16.8. The standard InChI is InChI=1S/C13H17ClN2O3S/c1-13(2,10(15)12(18)19)20-6-8-4-3-7(11(16)17)5-9(8)14/h3-5,10H,6,15H2,1-2H3,(H2,16,17)(H,18,19)/t10-/m1/s1. The maximum atomic E-state index is 11.0. The molecule has 7 heteroatoms. The summed E-state index contributed by atoms with van der Waals surface area (Å²) in [6.45, 7) is 3.53. The van der Waals surface area contributed by atoms with Gasteiger partial charge in [0.15, 0.2) is 0 Å². The number of hydrogen-bond donors (Lipinski definition) is 3. The lowest BCUT2D eigenvalue weighted by molar-refractivity contribution is -0.139. The van der Waals surface area contributed by atoms with Crippen LogP contribution < -0.4 is 11.5 Å². The fraction of sp³-hybridized carbons (Fsp3) is 0.385. The molecule has 1 atom stereocenters. The zero-order valence-electron chi connectivity index (χ0n) is 11.2. The molecule has 1 aromatic carbocycles. The molecule has 1 amide bonds. The molecule has 1 aromatic rings. The molecule has 0 fully saturated rings. The molecule has 20 heavy (non-hydrogen) atoms. The fourth-order valence-corrected chi connectivity index (χ4v) is 2.85. The van der Waals surface area contributed by atoms with Crippen LogP contribution in [0.4, 0.5) is 0 Å². The third kappa shape index (κ3) is 4.13. The van der Waals surface area contributed by atoms with E-state index in [-0.39, 0.29) is 0 Å². The molecule has 0 radical (unpaired) electrons. The van der Waals surface area contributed by atoms with Crippen LogP contribution in [0, 0.1) is 0 Å². The van der Waals surface area contributed by atoms with E-state index in [1.54, 1.807) is 26.0 Å². The van der Waals surface area contributed by atoms with Crippen molar-refractivity contribution in [1.82, 2.24) is 0 Å². The smallest absolute Gasteiger partial charge is 0.321 e. The summed E-state index contributed by atoms with van der Waals surface area (Å²) in [6.07, 6.45) is 0. The zero-order chi connectivity index (χ0) is 15.5. The minimum atomic E-state index is -1.04. The summed E-state index contributed by atoms with van der Waals surface area (Å²) < 4.78 is -0.641. The van der Waals surface area contributed by atoms with Crippen molar-refractivity contribution >= 4 is 35.2 Å². The van der Waals surface area contributed by atoms with Gasteiger partial charge in [-0.05, 0) is 31.5 Å². The van der Waals surface area contributed by atoms with E-state index in [0.29, 0.717) is 16.3 Å². The Bertz CT molecular complexity index is 534. The Morgan fingerprint density at radius 3 is 2.50 bits per heavy atom. The summed E-state index contributed by atoms with van der Waals surface area (Å²) in [5, 5.41) is 9.38. The Morgan fingerprint density at radius 2 is 2.05 bits per heavy atom. The Kier molecular flexibility index (Phi) is 5.44. The van der Waals surface area contributed by atoms with Gasteiger partial charge in [0.1, 0.15) is 6.04 Å². The third-order valence-corrected chi connectivity index (χ3v) is 4.76. The normalized spacial score (nSPS) is 13.0. The van der Waals surface area contributed by atoms with Crippen LogP contribution in [-0.2, 0) is 10.5 Å². The molecule has 0 aliphatic heterocycles. The van der Waals surface area contributed by atoms with Gasteiger partial charge in [0.2, 0.25) is 5.91 Å². The minimum absolute atomic E-state index is 0.338. The van der Waals surface area contributed by atoms with E-state index in [4.69, 9.17) is 28.2 Å². The zero-order valence-corrected chi connectivity index (χ0v) is 12.8. The largest absolute Gasteiger partial charge is 0.480 e. The average Bonchev–Trinajstić information content (AvgIpc) is 2.35. The number of benzene rings is 1. The van der Waals surface area contributed by atoms with Crippen molar-refractivity contribution in [3.8, 4) is 0 Å². The predicted molar refractivity (Wildman–Crippen MR) is 81.0 cm³/mol. The number of hydrogen-bond acceptors (Lipinski definition) is 4. The molecular formula is C13H17ClN2O3S. The van der Waals surface area contributed by atoms with E-state index in [2.05, 4.69) is 0 Å². The molecule has 0 heterocycles. The molecule has 0 unspecified atom stereocenters. The minimum Gasteiger partial charge on any atom is -0.480 e. The van der Waals surface area contributed by atoms with E-state index in [9.17, 15) is 9.59 Å². The maximum Gasteiger partial charge on any atom is 0.321 e. The van der Waals surface area contributed by atoms with Crippen molar-refractivity contribution < 1.29 is 14.7 Å². The molecule has 0 aliphatic carbocycles. The quantitative estimate of drug-likeness (QED) is 0.742. The number of amides is 1. The van der Waals surface area contributed by atoms with Crippen LogP contribution in [0.5, 0.6) is 0 Å². The lowest BCUT2D eigenvalue weighted by atomic mass is 10.1. The number of nitrogens with two attached hydrogens (primary N) is 2. The second kappa shape index (κ2) is 6.47. The van der Waals surface area contributed by atoms with Gasteiger partial charge in [0, 0.05) is 21.1 Å². The van der Waals surface area contributed by atoms with Crippen LogP contribution in [0.3, 0.4) is 0 Å². The van der Waals surface area contributed by atoms with Gasteiger partial charge in [-0.3, -0.25) is 9.59 Å². The number of carboxylic acids is 1. The number of carbonyl (C=O) groups excluding carboxylic acids is 1. The van der Waals surface area contributed by atoms with E-state index in [1.807, 2.05) is 0 Å². The maximum absolute atomic E-state index is 11.0. The number of thioether (sulfide) groups is 1. The topological polar surface area (TPSA) is 106 Å². The highest BCUT2D eigenvalue weighted by Crippen LogP contribution is 2.32. The summed E-state index contributed by atoms with van der Waals surface area (Å²) in [5.74, 6) is -1.09. The molecular weight excluding hydrogens is 300 g/mol. The number of rotatable bonds is 6. The highest BCUT2D eigenvalue weighted by Gasteiger charge is 2.32. The second-order valence-corrected chi connectivity index (χ2v) is 6.92.